The lowest BCUT2D eigenvalue weighted by Gasteiger charge is -2.05. The molecule has 1 N–H and O–H groups in total. The first-order valence-corrected chi connectivity index (χ1v) is 4.05. The van der Waals surface area contributed by atoms with E-state index in [1.165, 1.54) is 0 Å². The maximum Gasteiger partial charge on any atom is 0.105 e. The molecule has 2 nitrogen and oxygen atoms in total. The van der Waals surface area contributed by atoms with Crippen molar-refractivity contribution in [3.63, 3.8) is 0 Å². The average molecular weight is 153 g/mol. The van der Waals surface area contributed by atoms with Crippen LogP contribution in [0.4, 0.5) is 0 Å². The summed E-state index contributed by atoms with van der Waals surface area (Å²) in [5.41, 5.74) is 0. The Morgan fingerprint density at radius 3 is 2.91 bits per heavy atom. The van der Waals surface area contributed by atoms with E-state index in [1.807, 2.05) is 12.1 Å². The highest BCUT2D eigenvalue weighted by Gasteiger charge is 1.95. The molecule has 0 bridgehead atoms. The SMILES string of the molecule is CC(C)NCCc1ccco1. The zero-order valence-electron chi connectivity index (χ0n) is 7.13. The predicted octanol–water partition coefficient (Wildman–Crippen LogP) is 1.82. The fourth-order valence-electron chi connectivity index (χ4n) is 0.939. The van der Waals surface area contributed by atoms with Crippen LogP contribution < -0.4 is 5.32 Å². The van der Waals surface area contributed by atoms with E-state index < -0.39 is 0 Å². The Labute approximate surface area is 67.6 Å². The summed E-state index contributed by atoms with van der Waals surface area (Å²) in [6, 6.07) is 4.48. The van der Waals surface area contributed by atoms with Crippen LogP contribution in [0.2, 0.25) is 0 Å². The van der Waals surface area contributed by atoms with Gasteiger partial charge in [-0.05, 0) is 12.1 Å². The van der Waals surface area contributed by atoms with Crippen LogP contribution in [0.5, 0.6) is 0 Å². The maximum atomic E-state index is 5.18. The molecule has 0 aliphatic heterocycles. The normalized spacial score (nSPS) is 10.8. The van der Waals surface area contributed by atoms with Crippen molar-refractivity contribution in [1.82, 2.24) is 5.32 Å². The van der Waals surface area contributed by atoms with Crippen molar-refractivity contribution in [2.24, 2.45) is 0 Å². The number of hydrogen-bond acceptors (Lipinski definition) is 2. The lowest BCUT2D eigenvalue weighted by atomic mass is 10.3. The van der Waals surface area contributed by atoms with E-state index in [2.05, 4.69) is 19.2 Å². The van der Waals surface area contributed by atoms with Gasteiger partial charge in [0.15, 0.2) is 0 Å². The van der Waals surface area contributed by atoms with Crippen LogP contribution in [-0.2, 0) is 6.42 Å². The molecule has 11 heavy (non-hydrogen) atoms. The van der Waals surface area contributed by atoms with Gasteiger partial charge in [0, 0.05) is 19.0 Å². The first kappa shape index (κ1) is 8.34. The van der Waals surface area contributed by atoms with Crippen molar-refractivity contribution in [1.29, 1.82) is 0 Å². The molecule has 0 spiro atoms. The van der Waals surface area contributed by atoms with Crippen molar-refractivity contribution in [3.05, 3.63) is 24.2 Å². The first-order chi connectivity index (χ1) is 5.29. The zero-order chi connectivity index (χ0) is 8.10. The Balaban J connectivity index is 2.14. The van der Waals surface area contributed by atoms with Gasteiger partial charge in [0.1, 0.15) is 5.76 Å². The second kappa shape index (κ2) is 4.19. The minimum Gasteiger partial charge on any atom is -0.469 e. The lowest BCUT2D eigenvalue weighted by molar-refractivity contribution is 0.489. The second-order valence-corrected chi connectivity index (χ2v) is 2.94. The molecule has 0 amide bonds. The summed E-state index contributed by atoms with van der Waals surface area (Å²) in [5.74, 6) is 1.05. The molecule has 0 fully saturated rings. The second-order valence-electron chi connectivity index (χ2n) is 2.94. The molecule has 1 heterocycles. The summed E-state index contributed by atoms with van der Waals surface area (Å²) in [6.07, 6.45) is 2.69. The van der Waals surface area contributed by atoms with Gasteiger partial charge < -0.3 is 9.73 Å². The smallest absolute Gasteiger partial charge is 0.105 e. The van der Waals surface area contributed by atoms with Gasteiger partial charge in [-0.25, -0.2) is 0 Å². The van der Waals surface area contributed by atoms with Crippen molar-refractivity contribution < 1.29 is 4.42 Å². The van der Waals surface area contributed by atoms with Gasteiger partial charge in [-0.15, -0.1) is 0 Å². The van der Waals surface area contributed by atoms with E-state index in [0.29, 0.717) is 6.04 Å². The highest BCUT2D eigenvalue weighted by molar-refractivity contribution is 4.98. The standard InChI is InChI=1S/C9H15NO/c1-8(2)10-6-5-9-4-3-7-11-9/h3-4,7-8,10H,5-6H2,1-2H3. The highest BCUT2D eigenvalue weighted by atomic mass is 16.3. The Morgan fingerprint density at radius 2 is 2.36 bits per heavy atom. The third kappa shape index (κ3) is 3.23. The summed E-state index contributed by atoms with van der Waals surface area (Å²) in [7, 11) is 0. The van der Waals surface area contributed by atoms with Crippen molar-refractivity contribution in [2.75, 3.05) is 6.54 Å². The van der Waals surface area contributed by atoms with Gasteiger partial charge in [0.2, 0.25) is 0 Å². The van der Waals surface area contributed by atoms with Crippen molar-refractivity contribution in [2.45, 2.75) is 26.3 Å². The molecule has 0 saturated carbocycles. The van der Waals surface area contributed by atoms with E-state index in [9.17, 15) is 0 Å². The van der Waals surface area contributed by atoms with Crippen LogP contribution in [0, 0.1) is 0 Å². The molecule has 2 heteroatoms. The van der Waals surface area contributed by atoms with Gasteiger partial charge in [0.25, 0.3) is 0 Å². The molecule has 0 radical (unpaired) electrons. The van der Waals surface area contributed by atoms with E-state index in [4.69, 9.17) is 4.42 Å². The van der Waals surface area contributed by atoms with E-state index in [1.54, 1.807) is 6.26 Å². The summed E-state index contributed by atoms with van der Waals surface area (Å²) in [4.78, 5) is 0. The van der Waals surface area contributed by atoms with Crippen LogP contribution in [0.3, 0.4) is 0 Å². The molecule has 0 unspecified atom stereocenters. The van der Waals surface area contributed by atoms with Crippen LogP contribution >= 0.6 is 0 Å². The monoisotopic (exact) mass is 153 g/mol. The Kier molecular flexibility index (Phi) is 3.17. The van der Waals surface area contributed by atoms with Crippen molar-refractivity contribution >= 4 is 0 Å². The highest BCUT2D eigenvalue weighted by Crippen LogP contribution is 1.99. The lowest BCUT2D eigenvalue weighted by Crippen LogP contribution is -2.24. The summed E-state index contributed by atoms with van der Waals surface area (Å²) in [5, 5.41) is 3.32. The summed E-state index contributed by atoms with van der Waals surface area (Å²) in [6.45, 7) is 5.27. The molecule has 0 aliphatic rings. The topological polar surface area (TPSA) is 25.2 Å². The predicted molar refractivity (Wildman–Crippen MR) is 45.6 cm³/mol. The van der Waals surface area contributed by atoms with E-state index in [0.717, 1.165) is 18.7 Å². The summed E-state index contributed by atoms with van der Waals surface area (Å²) >= 11 is 0. The fraction of sp³-hybridized carbons (Fsp3) is 0.556. The van der Waals surface area contributed by atoms with Gasteiger partial charge in [-0.3, -0.25) is 0 Å². The maximum absolute atomic E-state index is 5.18. The minimum absolute atomic E-state index is 0.560. The Hall–Kier alpha value is -0.760. The molecule has 0 saturated heterocycles. The molecule has 1 aromatic rings. The number of hydrogen-bond donors (Lipinski definition) is 1. The zero-order valence-corrected chi connectivity index (χ0v) is 7.13. The molecule has 0 atom stereocenters. The Bertz CT molecular complexity index is 179. The van der Waals surface area contributed by atoms with Crippen LogP contribution in [-0.4, -0.2) is 12.6 Å². The molecule has 0 aliphatic carbocycles. The number of nitrogens with one attached hydrogen (secondary N) is 1. The minimum atomic E-state index is 0.560. The van der Waals surface area contributed by atoms with Crippen LogP contribution in [0.15, 0.2) is 22.8 Å². The van der Waals surface area contributed by atoms with Crippen molar-refractivity contribution in [3.8, 4) is 0 Å². The molecule has 0 aromatic carbocycles. The van der Waals surface area contributed by atoms with Gasteiger partial charge >= 0.3 is 0 Å². The van der Waals surface area contributed by atoms with Gasteiger partial charge in [-0.2, -0.15) is 0 Å². The third-order valence-electron chi connectivity index (χ3n) is 1.50. The Morgan fingerprint density at radius 1 is 1.55 bits per heavy atom. The third-order valence-corrected chi connectivity index (χ3v) is 1.50. The molecule has 1 aromatic heterocycles. The van der Waals surface area contributed by atoms with Gasteiger partial charge in [-0.1, -0.05) is 13.8 Å². The molecule has 62 valence electrons. The van der Waals surface area contributed by atoms with Crippen LogP contribution in [0.25, 0.3) is 0 Å². The molecule has 1 rings (SSSR count). The first-order valence-electron chi connectivity index (χ1n) is 4.05. The average Bonchev–Trinajstić information content (AvgIpc) is 2.39. The number of rotatable bonds is 4. The number of furan rings is 1. The largest absolute Gasteiger partial charge is 0.469 e. The quantitative estimate of drug-likeness (QED) is 0.713. The fourth-order valence-corrected chi connectivity index (χ4v) is 0.939. The van der Waals surface area contributed by atoms with E-state index >= 15 is 0 Å². The summed E-state index contributed by atoms with van der Waals surface area (Å²) < 4.78 is 5.18. The molecular formula is C9H15NO. The van der Waals surface area contributed by atoms with Gasteiger partial charge in [0.05, 0.1) is 6.26 Å². The van der Waals surface area contributed by atoms with Crippen LogP contribution in [0.1, 0.15) is 19.6 Å². The molecular weight excluding hydrogens is 138 g/mol. The van der Waals surface area contributed by atoms with E-state index in [-0.39, 0.29) is 0 Å².